The van der Waals surface area contributed by atoms with Gasteiger partial charge in [0.15, 0.2) is 6.61 Å². The summed E-state index contributed by atoms with van der Waals surface area (Å²) in [5.74, 6) is -1.14. The van der Waals surface area contributed by atoms with Crippen LogP contribution in [-0.4, -0.2) is 41.4 Å². The van der Waals surface area contributed by atoms with Crippen molar-refractivity contribution in [2.24, 2.45) is 0 Å². The van der Waals surface area contributed by atoms with Gasteiger partial charge in [-0.3, -0.25) is 4.79 Å². The first-order valence-corrected chi connectivity index (χ1v) is 6.64. The highest BCUT2D eigenvalue weighted by molar-refractivity contribution is 5.73. The molecule has 1 rings (SSSR count). The van der Waals surface area contributed by atoms with Crippen LogP contribution < -0.4 is 15.4 Å². The third kappa shape index (κ3) is 9.17. The fraction of sp³-hybridized carbons (Fsp3) is 0.462. The lowest BCUT2D eigenvalue weighted by Gasteiger charge is -2.10. The number of carbonyl (C=O) groups excluding carboxylic acids is 1. The molecule has 0 aliphatic carbocycles. The van der Waals surface area contributed by atoms with Gasteiger partial charge in [-0.05, 0) is 18.1 Å². The molecule has 0 saturated heterocycles. The third-order valence-electron chi connectivity index (χ3n) is 2.49. The molecule has 10 heteroatoms. The number of nitrogens with zero attached hydrogens (tertiary/aromatic N) is 1. The molecule has 0 aliphatic heterocycles. The van der Waals surface area contributed by atoms with Crippen molar-refractivity contribution in [2.45, 2.75) is 25.6 Å². The van der Waals surface area contributed by atoms with Crippen molar-refractivity contribution in [2.75, 3.05) is 13.2 Å². The largest absolute Gasteiger partial charge is 0.481 e. The maximum absolute atomic E-state index is 12.0. The van der Waals surface area contributed by atoms with E-state index >= 15 is 0 Å². The maximum Gasteiger partial charge on any atom is 0.422 e. The Balaban J connectivity index is 2.34. The molecule has 0 unspecified atom stereocenters. The molecule has 0 saturated carbocycles. The molecule has 0 radical (unpaired) electrons. The molecule has 2 amide bonds. The number of aliphatic carboxylic acids is 1. The van der Waals surface area contributed by atoms with Gasteiger partial charge in [0.05, 0.1) is 0 Å². The van der Waals surface area contributed by atoms with Gasteiger partial charge in [0.1, 0.15) is 0 Å². The Labute approximate surface area is 129 Å². The van der Waals surface area contributed by atoms with Gasteiger partial charge in [-0.2, -0.15) is 13.2 Å². The summed E-state index contributed by atoms with van der Waals surface area (Å²) in [4.78, 5) is 25.4. The lowest BCUT2D eigenvalue weighted by atomic mass is 10.2. The second-order valence-electron chi connectivity index (χ2n) is 4.51. The Hall–Kier alpha value is -2.52. The molecule has 0 bridgehead atoms. The summed E-state index contributed by atoms with van der Waals surface area (Å²) >= 11 is 0. The van der Waals surface area contributed by atoms with Crippen LogP contribution in [-0.2, 0) is 11.3 Å². The molecule has 0 aromatic carbocycles. The molecule has 7 nitrogen and oxygen atoms in total. The number of alkyl halides is 3. The maximum atomic E-state index is 12.0. The van der Waals surface area contributed by atoms with Crippen molar-refractivity contribution in [3.05, 3.63) is 23.9 Å². The van der Waals surface area contributed by atoms with E-state index in [4.69, 9.17) is 5.11 Å². The minimum atomic E-state index is -4.45. The quantitative estimate of drug-likeness (QED) is 0.628. The molecule has 0 fully saturated rings. The van der Waals surface area contributed by atoms with E-state index in [1.165, 1.54) is 18.3 Å². The van der Waals surface area contributed by atoms with Crippen molar-refractivity contribution in [3.8, 4) is 5.88 Å². The smallest absolute Gasteiger partial charge is 0.422 e. The minimum absolute atomic E-state index is 0.0511. The van der Waals surface area contributed by atoms with Gasteiger partial charge in [0, 0.05) is 31.8 Å². The molecule has 0 aliphatic rings. The van der Waals surface area contributed by atoms with E-state index in [-0.39, 0.29) is 25.4 Å². The average Bonchev–Trinajstić information content (AvgIpc) is 2.47. The molecule has 0 spiro atoms. The number of carboxylic acid groups (broad SMARTS) is 1. The molecule has 3 N–H and O–H groups in total. The van der Waals surface area contributed by atoms with Crippen LogP contribution in [0.4, 0.5) is 18.0 Å². The van der Waals surface area contributed by atoms with Gasteiger partial charge in [-0.25, -0.2) is 9.78 Å². The molecule has 1 aromatic rings. The summed E-state index contributed by atoms with van der Waals surface area (Å²) in [7, 11) is 0. The number of carbonyl (C=O) groups is 2. The first kappa shape index (κ1) is 18.5. The third-order valence-corrected chi connectivity index (χ3v) is 2.49. The number of pyridine rings is 1. The number of nitrogens with one attached hydrogen (secondary N) is 2. The summed E-state index contributed by atoms with van der Waals surface area (Å²) in [6.07, 6.45) is -2.93. The first-order chi connectivity index (χ1) is 10.8. The SMILES string of the molecule is O=C(O)CCCNC(=O)NCc1ccnc(OCC(F)(F)F)c1. The Morgan fingerprint density at radius 3 is 2.70 bits per heavy atom. The van der Waals surface area contributed by atoms with E-state index in [1.807, 2.05) is 0 Å². The van der Waals surface area contributed by atoms with Gasteiger partial charge in [0.2, 0.25) is 5.88 Å². The molecule has 23 heavy (non-hydrogen) atoms. The van der Waals surface area contributed by atoms with Gasteiger partial charge in [0.25, 0.3) is 0 Å². The second kappa shape index (κ2) is 8.81. The molecule has 1 heterocycles. The zero-order chi connectivity index (χ0) is 17.3. The number of hydrogen-bond acceptors (Lipinski definition) is 4. The predicted molar refractivity (Wildman–Crippen MR) is 72.9 cm³/mol. The number of amides is 2. The summed E-state index contributed by atoms with van der Waals surface area (Å²) in [5, 5.41) is 13.4. The predicted octanol–water partition coefficient (Wildman–Crippen LogP) is 1.69. The number of urea groups is 1. The minimum Gasteiger partial charge on any atom is -0.481 e. The fourth-order valence-electron chi connectivity index (χ4n) is 1.48. The van der Waals surface area contributed by atoms with Crippen LogP contribution in [0.5, 0.6) is 5.88 Å². The van der Waals surface area contributed by atoms with Crippen LogP contribution in [0.3, 0.4) is 0 Å². The van der Waals surface area contributed by atoms with Gasteiger partial charge >= 0.3 is 18.2 Å². The number of aromatic nitrogens is 1. The van der Waals surface area contributed by atoms with Crippen LogP contribution in [0.2, 0.25) is 0 Å². The van der Waals surface area contributed by atoms with Crippen LogP contribution in [0.15, 0.2) is 18.3 Å². The molecule has 1 aromatic heterocycles. The topological polar surface area (TPSA) is 101 Å². The summed E-state index contributed by atoms with van der Waals surface area (Å²) in [5.41, 5.74) is 0.512. The van der Waals surface area contributed by atoms with Crippen molar-refractivity contribution < 1.29 is 32.6 Å². The number of carboxylic acids is 1. The Morgan fingerprint density at radius 1 is 1.30 bits per heavy atom. The molecular weight excluding hydrogens is 319 g/mol. The van der Waals surface area contributed by atoms with E-state index in [2.05, 4.69) is 20.4 Å². The normalized spacial score (nSPS) is 10.9. The van der Waals surface area contributed by atoms with Crippen molar-refractivity contribution in [1.82, 2.24) is 15.6 Å². The van der Waals surface area contributed by atoms with Crippen LogP contribution >= 0.6 is 0 Å². The van der Waals surface area contributed by atoms with Gasteiger partial charge in [-0.15, -0.1) is 0 Å². The summed E-state index contributed by atoms with van der Waals surface area (Å²) < 4.78 is 40.6. The lowest BCUT2D eigenvalue weighted by molar-refractivity contribution is -0.154. The Kier molecular flexibility index (Phi) is 7.10. The molecular formula is C13H16F3N3O4. The fourth-order valence-corrected chi connectivity index (χ4v) is 1.48. The molecule has 0 atom stereocenters. The van der Waals surface area contributed by atoms with E-state index in [0.717, 1.165) is 0 Å². The van der Waals surface area contributed by atoms with Gasteiger partial charge in [-0.1, -0.05) is 0 Å². The highest BCUT2D eigenvalue weighted by Gasteiger charge is 2.28. The number of halogens is 3. The van der Waals surface area contributed by atoms with Gasteiger partial charge < -0.3 is 20.5 Å². The van der Waals surface area contributed by atoms with Crippen molar-refractivity contribution in [1.29, 1.82) is 0 Å². The molecule has 128 valence electrons. The van der Waals surface area contributed by atoms with Crippen LogP contribution in [0, 0.1) is 0 Å². The Bertz CT molecular complexity index is 537. The highest BCUT2D eigenvalue weighted by atomic mass is 19.4. The van der Waals surface area contributed by atoms with E-state index in [1.54, 1.807) is 0 Å². The van der Waals surface area contributed by atoms with Crippen LogP contribution in [0.1, 0.15) is 18.4 Å². The second-order valence-corrected chi connectivity index (χ2v) is 4.51. The van der Waals surface area contributed by atoms with Crippen molar-refractivity contribution in [3.63, 3.8) is 0 Å². The number of hydrogen-bond donors (Lipinski definition) is 3. The van der Waals surface area contributed by atoms with Crippen LogP contribution in [0.25, 0.3) is 0 Å². The Morgan fingerprint density at radius 2 is 2.04 bits per heavy atom. The van der Waals surface area contributed by atoms with Crippen molar-refractivity contribution >= 4 is 12.0 Å². The monoisotopic (exact) mass is 335 g/mol. The first-order valence-electron chi connectivity index (χ1n) is 6.64. The van der Waals surface area contributed by atoms with E-state index in [9.17, 15) is 22.8 Å². The van der Waals surface area contributed by atoms with E-state index < -0.39 is 24.8 Å². The average molecular weight is 335 g/mol. The summed E-state index contributed by atoms with van der Waals surface area (Å²) in [6, 6.07) is 2.30. The highest BCUT2D eigenvalue weighted by Crippen LogP contribution is 2.17. The standard InChI is InChI=1S/C13H16F3N3O4/c14-13(15,16)8-23-10-6-9(3-5-17-10)7-19-12(22)18-4-1-2-11(20)21/h3,5-6H,1-2,4,7-8H2,(H,20,21)(H2,18,19,22). The summed E-state index contributed by atoms with van der Waals surface area (Å²) in [6.45, 7) is -1.18. The zero-order valence-corrected chi connectivity index (χ0v) is 12.0. The lowest BCUT2D eigenvalue weighted by Crippen LogP contribution is -2.35. The van der Waals surface area contributed by atoms with E-state index in [0.29, 0.717) is 12.0 Å². The zero-order valence-electron chi connectivity index (χ0n) is 12.0. The number of rotatable bonds is 8. The number of ether oxygens (including phenoxy) is 1.